The van der Waals surface area contributed by atoms with E-state index in [0.717, 1.165) is 11.5 Å². The molecule has 0 saturated heterocycles. The van der Waals surface area contributed by atoms with Crippen molar-refractivity contribution < 1.29 is 9.84 Å². The fraction of sp³-hybridized carbons (Fsp3) is 0.625. The van der Waals surface area contributed by atoms with E-state index in [1.807, 2.05) is 0 Å². The number of phenols is 1. The van der Waals surface area contributed by atoms with E-state index in [1.54, 1.807) is 12.1 Å². The Balaban J connectivity index is 2.02. The van der Waals surface area contributed by atoms with E-state index in [-0.39, 0.29) is 5.75 Å². The van der Waals surface area contributed by atoms with Gasteiger partial charge in [-0.15, -0.1) is 0 Å². The van der Waals surface area contributed by atoms with Crippen molar-refractivity contribution in [1.82, 2.24) is 5.32 Å². The lowest BCUT2D eigenvalue weighted by Crippen LogP contribution is -2.38. The largest absolute Gasteiger partial charge is 0.504 e. The van der Waals surface area contributed by atoms with Crippen molar-refractivity contribution in [1.29, 1.82) is 0 Å². The molecule has 0 aromatic heterocycles. The third-order valence-electron chi connectivity index (χ3n) is 4.32. The molecule has 0 aliphatic heterocycles. The first kappa shape index (κ1) is 15.5. The van der Waals surface area contributed by atoms with Crippen LogP contribution in [0, 0.1) is 11.8 Å². The number of aromatic hydroxyl groups is 1. The van der Waals surface area contributed by atoms with Crippen LogP contribution in [0.15, 0.2) is 12.1 Å². The van der Waals surface area contributed by atoms with Crippen LogP contribution in [0.3, 0.4) is 0 Å². The van der Waals surface area contributed by atoms with Crippen LogP contribution in [0.4, 0.5) is 0 Å². The summed E-state index contributed by atoms with van der Waals surface area (Å²) in [6, 6.07) is 3.93. The summed E-state index contributed by atoms with van der Waals surface area (Å²) in [5, 5.41) is 14.3. The van der Waals surface area contributed by atoms with Gasteiger partial charge in [0.25, 0.3) is 0 Å². The molecule has 0 amide bonds. The van der Waals surface area contributed by atoms with Crippen molar-refractivity contribution >= 4 is 11.6 Å². The molecule has 20 heavy (non-hydrogen) atoms. The average molecular weight is 298 g/mol. The second-order valence-electron chi connectivity index (χ2n) is 6.00. The molecule has 4 heteroatoms. The van der Waals surface area contributed by atoms with E-state index in [2.05, 4.69) is 19.2 Å². The fourth-order valence-corrected chi connectivity index (χ4v) is 3.36. The molecule has 3 nitrogen and oxygen atoms in total. The van der Waals surface area contributed by atoms with Crippen LogP contribution in [-0.2, 0) is 6.54 Å². The van der Waals surface area contributed by atoms with Gasteiger partial charge in [0, 0.05) is 29.2 Å². The number of methoxy groups -OCH3 is 1. The summed E-state index contributed by atoms with van der Waals surface area (Å²) in [6.07, 6.45) is 3.73. The molecule has 1 aromatic carbocycles. The molecule has 0 bridgehead atoms. The average Bonchev–Trinajstić information content (AvgIpc) is 2.41. The first-order valence-corrected chi connectivity index (χ1v) is 7.67. The van der Waals surface area contributed by atoms with Gasteiger partial charge >= 0.3 is 0 Å². The second kappa shape index (κ2) is 6.68. The third kappa shape index (κ3) is 3.58. The minimum absolute atomic E-state index is 0.182. The lowest BCUT2D eigenvalue weighted by molar-refractivity contribution is 0.226. The Morgan fingerprint density at radius 3 is 2.75 bits per heavy atom. The van der Waals surface area contributed by atoms with Crippen LogP contribution in [-0.4, -0.2) is 18.3 Å². The molecule has 112 valence electrons. The fourth-order valence-electron chi connectivity index (χ4n) is 3.13. The zero-order chi connectivity index (χ0) is 14.7. The molecular formula is C16H24ClNO2. The van der Waals surface area contributed by atoms with Crippen molar-refractivity contribution in [3.8, 4) is 11.5 Å². The zero-order valence-electron chi connectivity index (χ0n) is 12.4. The van der Waals surface area contributed by atoms with Gasteiger partial charge in [0.1, 0.15) is 0 Å². The molecule has 0 radical (unpaired) electrons. The van der Waals surface area contributed by atoms with Crippen molar-refractivity contribution in [2.75, 3.05) is 7.11 Å². The molecule has 1 aliphatic carbocycles. The van der Waals surface area contributed by atoms with Crippen LogP contribution < -0.4 is 10.1 Å². The van der Waals surface area contributed by atoms with Gasteiger partial charge in [-0.2, -0.15) is 0 Å². The van der Waals surface area contributed by atoms with E-state index >= 15 is 0 Å². The SMILES string of the molecule is COc1cc(Cl)cc(CNC2CCC(C)CC2C)c1O. The van der Waals surface area contributed by atoms with Crippen LogP contribution in [0.1, 0.15) is 38.7 Å². The van der Waals surface area contributed by atoms with Crippen molar-refractivity contribution in [3.05, 3.63) is 22.7 Å². The number of nitrogens with one attached hydrogen (secondary N) is 1. The Morgan fingerprint density at radius 1 is 1.35 bits per heavy atom. The summed E-state index contributed by atoms with van der Waals surface area (Å²) >= 11 is 6.05. The molecule has 2 rings (SSSR count). The van der Waals surface area contributed by atoms with Gasteiger partial charge in [0.15, 0.2) is 11.5 Å². The van der Waals surface area contributed by atoms with Gasteiger partial charge in [0.05, 0.1) is 7.11 Å². The predicted molar refractivity (Wildman–Crippen MR) is 82.5 cm³/mol. The summed E-state index contributed by atoms with van der Waals surface area (Å²) in [5.41, 5.74) is 0.792. The predicted octanol–water partition coefficient (Wildman–Crippen LogP) is 3.97. The van der Waals surface area contributed by atoms with Gasteiger partial charge in [-0.3, -0.25) is 0 Å². The van der Waals surface area contributed by atoms with Crippen molar-refractivity contribution in [2.45, 2.75) is 45.7 Å². The highest BCUT2D eigenvalue weighted by Gasteiger charge is 2.25. The zero-order valence-corrected chi connectivity index (χ0v) is 13.2. The monoisotopic (exact) mass is 297 g/mol. The number of hydrogen-bond donors (Lipinski definition) is 2. The highest BCUT2D eigenvalue weighted by Crippen LogP contribution is 2.34. The number of phenolic OH excluding ortho intramolecular Hbond substituents is 1. The first-order valence-electron chi connectivity index (χ1n) is 7.30. The van der Waals surface area contributed by atoms with Gasteiger partial charge < -0.3 is 15.2 Å². The van der Waals surface area contributed by atoms with Gasteiger partial charge in [-0.25, -0.2) is 0 Å². The van der Waals surface area contributed by atoms with Crippen molar-refractivity contribution in [2.24, 2.45) is 11.8 Å². The summed E-state index contributed by atoms with van der Waals surface area (Å²) in [6.45, 7) is 5.23. The highest BCUT2D eigenvalue weighted by molar-refractivity contribution is 6.30. The molecule has 0 spiro atoms. The van der Waals surface area contributed by atoms with Crippen LogP contribution in [0.2, 0.25) is 5.02 Å². The quantitative estimate of drug-likeness (QED) is 0.883. The lowest BCUT2D eigenvalue weighted by Gasteiger charge is -2.33. The van der Waals surface area contributed by atoms with E-state index in [0.29, 0.717) is 29.3 Å². The van der Waals surface area contributed by atoms with Gasteiger partial charge in [-0.05, 0) is 37.2 Å². The smallest absolute Gasteiger partial charge is 0.162 e. The van der Waals surface area contributed by atoms with E-state index < -0.39 is 0 Å². The Hall–Kier alpha value is -0.930. The normalized spacial score (nSPS) is 26.5. The first-order chi connectivity index (χ1) is 9.51. The maximum Gasteiger partial charge on any atom is 0.162 e. The van der Waals surface area contributed by atoms with Crippen LogP contribution in [0.25, 0.3) is 0 Å². The number of benzene rings is 1. The molecular weight excluding hydrogens is 274 g/mol. The molecule has 3 atom stereocenters. The van der Waals surface area contributed by atoms with Crippen LogP contribution in [0.5, 0.6) is 11.5 Å². The third-order valence-corrected chi connectivity index (χ3v) is 4.54. The van der Waals surface area contributed by atoms with E-state index in [1.165, 1.54) is 26.4 Å². The maximum absolute atomic E-state index is 10.1. The number of ether oxygens (including phenoxy) is 1. The number of rotatable bonds is 4. The minimum Gasteiger partial charge on any atom is -0.504 e. The Labute approximate surface area is 126 Å². The van der Waals surface area contributed by atoms with Gasteiger partial charge in [0.2, 0.25) is 0 Å². The summed E-state index contributed by atoms with van der Waals surface area (Å²) < 4.78 is 5.13. The topological polar surface area (TPSA) is 41.5 Å². The number of hydrogen-bond acceptors (Lipinski definition) is 3. The van der Waals surface area contributed by atoms with E-state index in [9.17, 15) is 5.11 Å². The minimum atomic E-state index is 0.182. The Morgan fingerprint density at radius 2 is 2.10 bits per heavy atom. The molecule has 1 fully saturated rings. The standard InChI is InChI=1S/C16H24ClNO2/c1-10-4-5-14(11(2)6-10)18-9-12-7-13(17)8-15(20-3)16(12)19/h7-8,10-11,14,18-19H,4-6,9H2,1-3H3. The molecule has 1 saturated carbocycles. The molecule has 1 aliphatic rings. The Kier molecular flexibility index (Phi) is 5.17. The summed E-state index contributed by atoms with van der Waals surface area (Å²) in [5.74, 6) is 2.10. The molecule has 1 aromatic rings. The van der Waals surface area contributed by atoms with Crippen molar-refractivity contribution in [3.63, 3.8) is 0 Å². The highest BCUT2D eigenvalue weighted by atomic mass is 35.5. The summed E-state index contributed by atoms with van der Waals surface area (Å²) in [4.78, 5) is 0. The Bertz CT molecular complexity index is 464. The number of halogens is 1. The van der Waals surface area contributed by atoms with Gasteiger partial charge in [-0.1, -0.05) is 25.4 Å². The maximum atomic E-state index is 10.1. The molecule has 2 N–H and O–H groups in total. The lowest BCUT2D eigenvalue weighted by atomic mass is 9.80. The van der Waals surface area contributed by atoms with Crippen LogP contribution >= 0.6 is 11.6 Å². The molecule has 0 heterocycles. The second-order valence-corrected chi connectivity index (χ2v) is 6.44. The molecule has 3 unspecified atom stereocenters. The van der Waals surface area contributed by atoms with E-state index in [4.69, 9.17) is 16.3 Å². The summed E-state index contributed by atoms with van der Waals surface area (Å²) in [7, 11) is 1.53.